The van der Waals surface area contributed by atoms with E-state index in [4.69, 9.17) is 5.11 Å². The highest BCUT2D eigenvalue weighted by molar-refractivity contribution is 7.99. The maximum Gasteiger partial charge on any atom is 0.338 e. The average Bonchev–Trinajstić information content (AvgIpc) is 2.29. The molecule has 0 saturated carbocycles. The number of hydrogen-bond acceptors (Lipinski definition) is 3. The van der Waals surface area contributed by atoms with Gasteiger partial charge >= 0.3 is 5.97 Å². The molecule has 0 bridgehead atoms. The second-order valence-electron chi connectivity index (χ2n) is 3.58. The van der Waals surface area contributed by atoms with E-state index in [1.807, 2.05) is 31.2 Å². The van der Waals surface area contributed by atoms with Crippen molar-refractivity contribution in [1.82, 2.24) is 4.98 Å². The van der Waals surface area contributed by atoms with Gasteiger partial charge in [0.2, 0.25) is 0 Å². The first-order valence-corrected chi connectivity index (χ1v) is 5.91. The zero-order valence-electron chi connectivity index (χ0n) is 9.25. The summed E-state index contributed by atoms with van der Waals surface area (Å²) in [6.07, 6.45) is 1.60. The fourth-order valence-corrected chi connectivity index (χ4v) is 2.42. The maximum absolute atomic E-state index is 11.0. The van der Waals surface area contributed by atoms with Crippen molar-refractivity contribution >= 4 is 17.7 Å². The number of nitrogens with zero attached hydrogens (tertiary/aromatic N) is 1. The zero-order valence-corrected chi connectivity index (χ0v) is 10.1. The lowest BCUT2D eigenvalue weighted by Gasteiger charge is -2.04. The third-order valence-electron chi connectivity index (χ3n) is 2.21. The van der Waals surface area contributed by atoms with Crippen LogP contribution in [0, 0.1) is 6.92 Å². The molecule has 0 aliphatic rings. The van der Waals surface area contributed by atoms with E-state index < -0.39 is 5.97 Å². The van der Waals surface area contributed by atoms with E-state index in [-0.39, 0.29) is 5.56 Å². The van der Waals surface area contributed by atoms with Gasteiger partial charge in [-0.3, -0.25) is 0 Å². The van der Waals surface area contributed by atoms with Crippen LogP contribution in [-0.2, 0) is 0 Å². The van der Waals surface area contributed by atoms with Crippen LogP contribution in [0.5, 0.6) is 0 Å². The zero-order chi connectivity index (χ0) is 12.3. The number of carboxylic acid groups (broad SMARTS) is 1. The van der Waals surface area contributed by atoms with Crippen LogP contribution in [0.25, 0.3) is 0 Å². The summed E-state index contributed by atoms with van der Waals surface area (Å²) >= 11 is 1.36. The molecule has 0 aliphatic carbocycles. The molecule has 0 saturated heterocycles. The van der Waals surface area contributed by atoms with Gasteiger partial charge in [0, 0.05) is 11.1 Å². The number of aromatic carboxylic acids is 1. The van der Waals surface area contributed by atoms with Crippen LogP contribution < -0.4 is 0 Å². The first-order chi connectivity index (χ1) is 8.16. The molecule has 2 rings (SSSR count). The number of benzene rings is 1. The second-order valence-corrected chi connectivity index (χ2v) is 4.64. The molecule has 1 aromatic carbocycles. The number of hydrogen-bond donors (Lipinski definition) is 1. The van der Waals surface area contributed by atoms with E-state index >= 15 is 0 Å². The molecule has 1 aromatic heterocycles. The predicted molar refractivity (Wildman–Crippen MR) is 66.5 cm³/mol. The number of carbonyl (C=O) groups is 1. The van der Waals surface area contributed by atoms with Crippen LogP contribution in [0.4, 0.5) is 0 Å². The van der Waals surface area contributed by atoms with Gasteiger partial charge in [-0.05, 0) is 31.2 Å². The Morgan fingerprint density at radius 1 is 1.29 bits per heavy atom. The minimum atomic E-state index is -0.951. The number of aromatic nitrogens is 1. The minimum absolute atomic E-state index is 0.235. The molecule has 0 atom stereocenters. The Labute approximate surface area is 104 Å². The molecular formula is C13H11NO2S. The lowest BCUT2D eigenvalue weighted by molar-refractivity contribution is 0.0692. The van der Waals surface area contributed by atoms with E-state index in [0.29, 0.717) is 5.03 Å². The topological polar surface area (TPSA) is 50.2 Å². The van der Waals surface area contributed by atoms with Gasteiger partial charge in [-0.2, -0.15) is 0 Å². The summed E-state index contributed by atoms with van der Waals surface area (Å²) < 4.78 is 0. The molecule has 1 heterocycles. The smallest absolute Gasteiger partial charge is 0.338 e. The van der Waals surface area contributed by atoms with Gasteiger partial charge in [-0.25, -0.2) is 9.78 Å². The van der Waals surface area contributed by atoms with E-state index in [2.05, 4.69) is 4.98 Å². The van der Waals surface area contributed by atoms with Crippen molar-refractivity contribution in [3.8, 4) is 0 Å². The summed E-state index contributed by atoms with van der Waals surface area (Å²) in [5, 5.41) is 9.56. The molecular weight excluding hydrogens is 234 g/mol. The lowest BCUT2D eigenvalue weighted by Crippen LogP contribution is -1.99. The van der Waals surface area contributed by atoms with Crippen molar-refractivity contribution in [1.29, 1.82) is 0 Å². The molecule has 3 nitrogen and oxygen atoms in total. The summed E-state index contributed by atoms with van der Waals surface area (Å²) in [5.41, 5.74) is 1.38. The Hall–Kier alpha value is -1.81. The summed E-state index contributed by atoms with van der Waals surface area (Å²) in [5.74, 6) is -0.951. The number of carboxylic acids is 1. The van der Waals surface area contributed by atoms with Crippen molar-refractivity contribution in [2.45, 2.75) is 16.8 Å². The fraction of sp³-hybridized carbons (Fsp3) is 0.0769. The first-order valence-electron chi connectivity index (χ1n) is 5.09. The molecule has 86 valence electrons. The standard InChI is InChI=1S/C13H11NO2S/c1-9-4-2-5-10(8-9)17-12-11(13(15)16)6-3-7-14-12/h2-8H,1H3,(H,15,16). The highest BCUT2D eigenvalue weighted by Gasteiger charge is 2.11. The molecule has 4 heteroatoms. The highest BCUT2D eigenvalue weighted by atomic mass is 32.2. The Kier molecular flexibility index (Phi) is 3.44. The van der Waals surface area contributed by atoms with Gasteiger partial charge in [-0.1, -0.05) is 29.5 Å². The quantitative estimate of drug-likeness (QED) is 0.901. The van der Waals surface area contributed by atoms with Crippen LogP contribution in [0.3, 0.4) is 0 Å². The van der Waals surface area contributed by atoms with Crippen LogP contribution >= 0.6 is 11.8 Å². The summed E-state index contributed by atoms with van der Waals surface area (Å²) in [6.45, 7) is 2.00. The molecule has 0 amide bonds. The fourth-order valence-electron chi connectivity index (χ4n) is 1.43. The molecule has 0 spiro atoms. The lowest BCUT2D eigenvalue weighted by atomic mass is 10.2. The minimum Gasteiger partial charge on any atom is -0.478 e. The van der Waals surface area contributed by atoms with Crippen LogP contribution in [-0.4, -0.2) is 16.1 Å². The Balaban J connectivity index is 2.33. The number of aryl methyl sites for hydroxylation is 1. The highest BCUT2D eigenvalue weighted by Crippen LogP contribution is 2.28. The molecule has 0 aliphatic heterocycles. The van der Waals surface area contributed by atoms with Crippen molar-refractivity contribution in [2.75, 3.05) is 0 Å². The summed E-state index contributed by atoms with van der Waals surface area (Å²) in [4.78, 5) is 16.1. The van der Waals surface area contributed by atoms with Crippen LogP contribution in [0.15, 0.2) is 52.5 Å². The molecule has 17 heavy (non-hydrogen) atoms. The number of pyridine rings is 1. The van der Waals surface area contributed by atoms with Crippen molar-refractivity contribution in [3.63, 3.8) is 0 Å². The van der Waals surface area contributed by atoms with E-state index in [9.17, 15) is 4.79 Å². The third-order valence-corrected chi connectivity index (χ3v) is 3.21. The molecule has 0 fully saturated rings. The first kappa shape index (κ1) is 11.7. The van der Waals surface area contributed by atoms with Crippen molar-refractivity contribution in [2.24, 2.45) is 0 Å². The van der Waals surface area contributed by atoms with Crippen molar-refractivity contribution < 1.29 is 9.90 Å². The Morgan fingerprint density at radius 3 is 2.82 bits per heavy atom. The van der Waals surface area contributed by atoms with Crippen LogP contribution in [0.2, 0.25) is 0 Å². The molecule has 0 unspecified atom stereocenters. The Bertz CT molecular complexity index is 555. The average molecular weight is 245 g/mol. The maximum atomic E-state index is 11.0. The summed E-state index contributed by atoms with van der Waals surface area (Å²) in [6, 6.07) is 11.1. The SMILES string of the molecule is Cc1cccc(Sc2ncccc2C(=O)O)c1. The van der Waals surface area contributed by atoms with Gasteiger partial charge in [0.1, 0.15) is 5.03 Å². The predicted octanol–water partition coefficient (Wildman–Crippen LogP) is 3.24. The van der Waals surface area contributed by atoms with E-state index in [1.54, 1.807) is 18.3 Å². The Morgan fingerprint density at radius 2 is 2.12 bits per heavy atom. The van der Waals surface area contributed by atoms with Gasteiger partial charge in [0.25, 0.3) is 0 Å². The monoisotopic (exact) mass is 245 g/mol. The van der Waals surface area contributed by atoms with Crippen molar-refractivity contribution in [3.05, 3.63) is 53.7 Å². The van der Waals surface area contributed by atoms with Gasteiger partial charge < -0.3 is 5.11 Å². The van der Waals surface area contributed by atoms with Gasteiger partial charge in [0.15, 0.2) is 0 Å². The van der Waals surface area contributed by atoms with Gasteiger partial charge in [0.05, 0.1) is 5.56 Å². The van der Waals surface area contributed by atoms with Crippen LogP contribution in [0.1, 0.15) is 15.9 Å². The van der Waals surface area contributed by atoms with E-state index in [1.165, 1.54) is 11.8 Å². The molecule has 2 aromatic rings. The summed E-state index contributed by atoms with van der Waals surface area (Å²) in [7, 11) is 0. The second kappa shape index (κ2) is 5.01. The molecule has 0 radical (unpaired) electrons. The van der Waals surface area contributed by atoms with Gasteiger partial charge in [-0.15, -0.1) is 0 Å². The van der Waals surface area contributed by atoms with E-state index in [0.717, 1.165) is 10.5 Å². The third kappa shape index (κ3) is 2.85. The normalized spacial score (nSPS) is 10.2. The largest absolute Gasteiger partial charge is 0.478 e. The number of rotatable bonds is 3. The molecule has 1 N–H and O–H groups in total.